The van der Waals surface area contributed by atoms with Gasteiger partial charge in [0.05, 0.1) is 0 Å². The lowest BCUT2D eigenvalue weighted by Crippen LogP contribution is -2.52. The van der Waals surface area contributed by atoms with E-state index in [-0.39, 0.29) is 0 Å². The van der Waals surface area contributed by atoms with Crippen molar-refractivity contribution in [1.82, 2.24) is 0 Å². The number of rotatable bonds is 6. The molecule has 0 radical (unpaired) electrons. The number of thiophene rings is 1. The molecule has 1 nitrogen and oxygen atoms in total. The molecule has 0 N–H and O–H groups in total. The van der Waals surface area contributed by atoms with Crippen molar-refractivity contribution in [3.8, 4) is 33.4 Å². The van der Waals surface area contributed by atoms with Crippen LogP contribution in [0.4, 0.5) is 17.1 Å². The number of anilines is 3. The van der Waals surface area contributed by atoms with Crippen molar-refractivity contribution in [2.75, 3.05) is 4.90 Å². The Balaban J connectivity index is 1.13. The second-order valence-corrected chi connectivity index (χ2v) is 17.3. The van der Waals surface area contributed by atoms with Crippen LogP contribution in [0.2, 0.25) is 0 Å². The second-order valence-electron chi connectivity index (χ2n) is 16.3. The van der Waals surface area contributed by atoms with Crippen LogP contribution in [0, 0.1) is 0 Å². The Hall–Kier alpha value is -6.03. The Bertz CT molecular complexity index is 3290. The molecule has 0 aliphatic carbocycles. The predicted octanol–water partition coefficient (Wildman–Crippen LogP) is 2.64. The molecule has 0 atom stereocenters. The molecule has 0 spiro atoms. The monoisotopic (exact) mass is 763 g/mol. The van der Waals surface area contributed by atoms with E-state index in [0.717, 1.165) is 17.1 Å². The summed E-state index contributed by atoms with van der Waals surface area (Å²) in [6.45, 7) is 0. The van der Waals surface area contributed by atoms with Gasteiger partial charge in [0.2, 0.25) is 0 Å². The fourth-order valence-electron chi connectivity index (χ4n) is 9.58. The lowest BCUT2D eigenvalue weighted by atomic mass is 9.59. The molecule has 0 saturated carbocycles. The molecular formula is C50H40B7NS. The zero-order valence-electron chi connectivity index (χ0n) is 34.9. The third-order valence-corrected chi connectivity index (χ3v) is 14.5. The van der Waals surface area contributed by atoms with E-state index in [4.69, 9.17) is 0 Å². The van der Waals surface area contributed by atoms with Crippen LogP contribution in [0.1, 0.15) is 0 Å². The maximum absolute atomic E-state index is 2.42. The highest BCUT2D eigenvalue weighted by Gasteiger charge is 2.21. The molecule has 0 aliphatic rings. The number of hydrogen-bond donors (Lipinski definition) is 0. The van der Waals surface area contributed by atoms with Gasteiger partial charge in [-0.3, -0.25) is 0 Å². The topological polar surface area (TPSA) is 3.24 Å². The zero-order valence-corrected chi connectivity index (χ0v) is 35.7. The molecule has 1 heterocycles. The van der Waals surface area contributed by atoms with E-state index < -0.39 is 0 Å². The van der Waals surface area contributed by atoms with Gasteiger partial charge < -0.3 is 4.90 Å². The van der Waals surface area contributed by atoms with Crippen molar-refractivity contribution in [2.45, 2.75) is 0 Å². The maximum Gasteiger partial charge on any atom is 0.139 e. The first kappa shape index (κ1) is 37.3. The van der Waals surface area contributed by atoms with Crippen LogP contribution in [0.3, 0.4) is 0 Å². The summed E-state index contributed by atoms with van der Waals surface area (Å²) < 4.78 is 2.65. The van der Waals surface area contributed by atoms with E-state index >= 15 is 0 Å². The minimum Gasteiger partial charge on any atom is -0.310 e. The van der Waals surface area contributed by atoms with Crippen LogP contribution < -0.4 is 43.1 Å². The van der Waals surface area contributed by atoms with Crippen molar-refractivity contribution in [2.24, 2.45) is 0 Å². The van der Waals surface area contributed by atoms with Crippen molar-refractivity contribution in [1.29, 1.82) is 0 Å². The molecular weight excluding hydrogens is 722 g/mol. The maximum atomic E-state index is 2.42. The normalized spacial score (nSPS) is 11.5. The molecule has 9 aromatic carbocycles. The van der Waals surface area contributed by atoms with Gasteiger partial charge in [0.15, 0.2) is 0 Å². The molecule has 59 heavy (non-hydrogen) atoms. The largest absolute Gasteiger partial charge is 0.310 e. The number of nitrogens with zero attached hydrogens (tertiary/aromatic N) is 1. The first-order chi connectivity index (χ1) is 28.7. The number of benzene rings is 9. The second kappa shape index (κ2) is 14.7. The lowest BCUT2D eigenvalue weighted by Gasteiger charge is -2.27. The van der Waals surface area contributed by atoms with Crippen LogP contribution in [0.15, 0.2) is 158 Å². The Kier molecular flexibility index (Phi) is 9.26. The molecule has 272 valence electrons. The first-order valence-electron chi connectivity index (χ1n) is 20.7. The quantitative estimate of drug-likeness (QED) is 0.236. The third kappa shape index (κ3) is 6.09. The van der Waals surface area contributed by atoms with Gasteiger partial charge in [0.1, 0.15) is 54.9 Å². The van der Waals surface area contributed by atoms with E-state index in [1.54, 1.807) is 0 Å². The van der Waals surface area contributed by atoms with Crippen molar-refractivity contribution >= 4 is 163 Å². The Morgan fingerprint density at radius 1 is 0.356 bits per heavy atom. The predicted molar refractivity (Wildman–Crippen MR) is 283 cm³/mol. The van der Waals surface area contributed by atoms with Gasteiger partial charge in [0.25, 0.3) is 0 Å². The zero-order chi connectivity index (χ0) is 40.5. The van der Waals surface area contributed by atoms with Gasteiger partial charge in [0, 0.05) is 37.2 Å². The summed E-state index contributed by atoms with van der Waals surface area (Å²) in [6.07, 6.45) is 0. The fraction of sp³-hybridized carbons (Fsp3) is 0. The van der Waals surface area contributed by atoms with Crippen LogP contribution in [-0.2, 0) is 0 Å². The van der Waals surface area contributed by atoms with Gasteiger partial charge in [-0.05, 0) is 97.4 Å². The summed E-state index contributed by atoms with van der Waals surface area (Å²) in [5, 5.41) is 7.96. The highest BCUT2D eigenvalue weighted by atomic mass is 32.1. The summed E-state index contributed by atoms with van der Waals surface area (Å²) in [7, 11) is 16.1. The molecule has 0 bridgehead atoms. The molecule has 1 aromatic heterocycles. The van der Waals surface area contributed by atoms with Gasteiger partial charge in [-0.15, -0.1) is 27.7 Å². The summed E-state index contributed by atoms with van der Waals surface area (Å²) in [5.74, 6) is 0. The minimum absolute atomic E-state index is 1.12. The molecule has 10 rings (SSSR count). The van der Waals surface area contributed by atoms with Crippen LogP contribution in [0.5, 0.6) is 0 Å². The standard InChI is InChI=1S/C50H40B7NS/c51-43-40(41-42(45(53)47(43)55)46(54)49(57)48(56)44(41)52)29-20-24-32(25-21-29)58(31-22-18-28(19-23-31)35-14-6-9-27-8-1-2-12-34(27)35)33-11-5-10-30(26-33)36-15-7-16-38-37-13-3-4-17-39(37)59-50(36)38/h1-26H,51-57H2. The molecule has 0 aliphatic heterocycles. The van der Waals surface area contributed by atoms with Gasteiger partial charge >= 0.3 is 0 Å². The Labute approximate surface area is 357 Å². The molecule has 10 aromatic rings. The SMILES string of the molecule is Bc1c(B)c(B)c2c(-c3ccc(N(c4ccc(-c5cccc6ccccc56)cc4)c4cccc(-c5cccc6c5sc5ccccc56)c4)cc3)c(B)c(B)c(B)c2c1B. The van der Waals surface area contributed by atoms with Crippen LogP contribution in [-0.4, -0.2) is 54.9 Å². The Morgan fingerprint density at radius 2 is 0.898 bits per heavy atom. The van der Waals surface area contributed by atoms with Gasteiger partial charge in [-0.2, -0.15) is 0 Å². The third-order valence-electron chi connectivity index (χ3n) is 13.3. The molecule has 0 saturated heterocycles. The number of fused-ring (bicyclic) bond motifs is 5. The highest BCUT2D eigenvalue weighted by Crippen LogP contribution is 2.43. The van der Waals surface area contributed by atoms with E-state index in [2.05, 4.69) is 218 Å². The van der Waals surface area contributed by atoms with Crippen LogP contribution >= 0.6 is 11.3 Å². The molecule has 0 amide bonds. The lowest BCUT2D eigenvalue weighted by molar-refractivity contribution is 1.28. The van der Waals surface area contributed by atoms with Crippen molar-refractivity contribution in [3.05, 3.63) is 158 Å². The molecule has 9 heteroatoms. The Morgan fingerprint density at radius 3 is 1.63 bits per heavy atom. The van der Waals surface area contributed by atoms with Crippen molar-refractivity contribution in [3.63, 3.8) is 0 Å². The summed E-state index contributed by atoms with van der Waals surface area (Å²) in [5.41, 5.74) is 20.6. The highest BCUT2D eigenvalue weighted by molar-refractivity contribution is 7.26. The summed E-state index contributed by atoms with van der Waals surface area (Å²) >= 11 is 1.88. The summed E-state index contributed by atoms with van der Waals surface area (Å²) in [4.78, 5) is 2.42. The average Bonchev–Trinajstić information content (AvgIpc) is 3.66. The van der Waals surface area contributed by atoms with Crippen molar-refractivity contribution < 1.29 is 0 Å². The van der Waals surface area contributed by atoms with Gasteiger partial charge in [-0.1, -0.05) is 137 Å². The van der Waals surface area contributed by atoms with E-state index in [9.17, 15) is 0 Å². The van der Waals surface area contributed by atoms with E-state index in [0.29, 0.717) is 0 Å². The fourth-order valence-corrected chi connectivity index (χ4v) is 10.8. The van der Waals surface area contributed by atoms with E-state index in [1.807, 2.05) is 11.3 Å². The summed E-state index contributed by atoms with van der Waals surface area (Å²) in [6, 6.07) is 58.3. The minimum atomic E-state index is 1.12. The number of hydrogen-bond acceptors (Lipinski definition) is 2. The first-order valence-corrected chi connectivity index (χ1v) is 21.5. The molecule has 0 unspecified atom stereocenters. The average molecular weight is 763 g/mol. The van der Waals surface area contributed by atoms with Crippen LogP contribution in [0.25, 0.3) is 75.1 Å². The molecule has 0 fully saturated rings. The van der Waals surface area contributed by atoms with E-state index in [1.165, 1.54) is 113 Å². The van der Waals surface area contributed by atoms with Gasteiger partial charge in [-0.25, -0.2) is 0 Å². The smallest absolute Gasteiger partial charge is 0.139 e.